The number of amides is 1. The first kappa shape index (κ1) is 18.7. The van der Waals surface area contributed by atoms with Gasteiger partial charge in [0.1, 0.15) is 5.60 Å². The van der Waals surface area contributed by atoms with Gasteiger partial charge in [0.05, 0.1) is 6.61 Å². The van der Waals surface area contributed by atoms with Crippen LogP contribution in [-0.4, -0.2) is 24.3 Å². The molecule has 0 aliphatic rings. The molecule has 0 radical (unpaired) electrons. The van der Waals surface area contributed by atoms with Crippen LogP contribution in [0.1, 0.15) is 38.8 Å². The van der Waals surface area contributed by atoms with Crippen molar-refractivity contribution < 1.29 is 19.1 Å². The predicted molar refractivity (Wildman–Crippen MR) is 88.3 cm³/mol. The van der Waals surface area contributed by atoms with Crippen molar-refractivity contribution in [2.24, 2.45) is 0 Å². The van der Waals surface area contributed by atoms with E-state index in [9.17, 15) is 9.59 Å². The molecule has 23 heavy (non-hydrogen) atoms. The SMILES string of the molecule is CCOC(=O)C=Cc1ccc(CNNC(=O)OC(C)(C)C)cc1. The topological polar surface area (TPSA) is 76.7 Å². The maximum atomic E-state index is 11.5. The molecule has 0 spiro atoms. The van der Waals surface area contributed by atoms with Gasteiger partial charge in [-0.2, -0.15) is 0 Å². The zero-order chi connectivity index (χ0) is 17.3. The summed E-state index contributed by atoms with van der Waals surface area (Å²) >= 11 is 0. The lowest BCUT2D eigenvalue weighted by atomic mass is 10.1. The van der Waals surface area contributed by atoms with Crippen LogP contribution in [0.2, 0.25) is 0 Å². The van der Waals surface area contributed by atoms with E-state index in [1.54, 1.807) is 33.8 Å². The first-order chi connectivity index (χ1) is 10.8. The molecular formula is C17H24N2O4. The van der Waals surface area contributed by atoms with Crippen molar-refractivity contribution >= 4 is 18.1 Å². The van der Waals surface area contributed by atoms with Gasteiger partial charge < -0.3 is 9.47 Å². The standard InChI is InChI=1S/C17H24N2O4/c1-5-22-15(20)11-10-13-6-8-14(9-7-13)12-18-19-16(21)23-17(2,3)4/h6-11,18H,5,12H2,1-4H3,(H,19,21). The number of esters is 1. The highest BCUT2D eigenvalue weighted by atomic mass is 16.6. The third-order valence-electron chi connectivity index (χ3n) is 2.56. The second kappa shape index (κ2) is 8.95. The molecule has 6 heteroatoms. The molecule has 126 valence electrons. The highest BCUT2D eigenvalue weighted by Gasteiger charge is 2.15. The first-order valence-corrected chi connectivity index (χ1v) is 7.46. The molecule has 2 N–H and O–H groups in total. The summed E-state index contributed by atoms with van der Waals surface area (Å²) in [6.45, 7) is 7.98. The van der Waals surface area contributed by atoms with Crippen molar-refractivity contribution in [3.05, 3.63) is 41.5 Å². The van der Waals surface area contributed by atoms with Crippen LogP contribution in [0.25, 0.3) is 6.08 Å². The average molecular weight is 320 g/mol. The Bertz CT molecular complexity index is 545. The van der Waals surface area contributed by atoms with Gasteiger partial charge in [-0.25, -0.2) is 15.0 Å². The number of benzene rings is 1. The van der Waals surface area contributed by atoms with Crippen LogP contribution in [0, 0.1) is 0 Å². The fourth-order valence-corrected chi connectivity index (χ4v) is 1.62. The molecule has 0 unspecified atom stereocenters. The summed E-state index contributed by atoms with van der Waals surface area (Å²) in [6.07, 6.45) is 2.56. The van der Waals surface area contributed by atoms with Crippen LogP contribution in [-0.2, 0) is 20.8 Å². The van der Waals surface area contributed by atoms with Gasteiger partial charge in [-0.1, -0.05) is 24.3 Å². The number of ether oxygens (including phenoxy) is 2. The maximum Gasteiger partial charge on any atom is 0.422 e. The molecule has 0 aromatic heterocycles. The molecular weight excluding hydrogens is 296 g/mol. The second-order valence-corrected chi connectivity index (χ2v) is 5.81. The summed E-state index contributed by atoms with van der Waals surface area (Å²) in [6, 6.07) is 7.55. The number of hydrogen-bond donors (Lipinski definition) is 2. The molecule has 0 saturated heterocycles. The number of carbonyl (C=O) groups excluding carboxylic acids is 2. The largest absolute Gasteiger partial charge is 0.463 e. The van der Waals surface area contributed by atoms with E-state index in [2.05, 4.69) is 10.9 Å². The quantitative estimate of drug-likeness (QED) is 0.479. The van der Waals surface area contributed by atoms with E-state index in [4.69, 9.17) is 9.47 Å². The zero-order valence-electron chi connectivity index (χ0n) is 14.0. The monoisotopic (exact) mass is 320 g/mol. The summed E-state index contributed by atoms with van der Waals surface area (Å²) in [5.41, 5.74) is 6.61. The molecule has 0 fully saturated rings. The number of hydrazine groups is 1. The first-order valence-electron chi connectivity index (χ1n) is 7.46. The van der Waals surface area contributed by atoms with Gasteiger partial charge in [0, 0.05) is 12.6 Å². The van der Waals surface area contributed by atoms with Gasteiger partial charge in [-0.15, -0.1) is 0 Å². The molecule has 1 amide bonds. The Kier molecular flexibility index (Phi) is 7.28. The molecule has 0 bridgehead atoms. The van der Waals surface area contributed by atoms with Gasteiger partial charge >= 0.3 is 12.1 Å². The van der Waals surface area contributed by atoms with Crippen molar-refractivity contribution in [1.82, 2.24) is 10.9 Å². The van der Waals surface area contributed by atoms with Gasteiger partial charge in [0.25, 0.3) is 0 Å². The summed E-state index contributed by atoms with van der Waals surface area (Å²) < 4.78 is 9.91. The Morgan fingerprint density at radius 1 is 1.17 bits per heavy atom. The third-order valence-corrected chi connectivity index (χ3v) is 2.56. The van der Waals surface area contributed by atoms with Gasteiger partial charge in [0.15, 0.2) is 0 Å². The van der Waals surface area contributed by atoms with E-state index >= 15 is 0 Å². The van der Waals surface area contributed by atoms with Crippen LogP contribution < -0.4 is 10.9 Å². The smallest absolute Gasteiger partial charge is 0.422 e. The number of carbonyl (C=O) groups is 2. The molecule has 1 rings (SSSR count). The zero-order valence-corrected chi connectivity index (χ0v) is 14.0. The van der Waals surface area contributed by atoms with Crippen LogP contribution in [0.4, 0.5) is 4.79 Å². The van der Waals surface area contributed by atoms with E-state index in [1.807, 2.05) is 24.3 Å². The van der Waals surface area contributed by atoms with Crippen LogP contribution in [0.5, 0.6) is 0 Å². The minimum atomic E-state index is -0.529. The molecule has 1 aromatic rings. The lowest BCUT2D eigenvalue weighted by Gasteiger charge is -2.19. The molecule has 0 atom stereocenters. The summed E-state index contributed by atoms with van der Waals surface area (Å²) in [4.78, 5) is 22.7. The number of nitrogens with one attached hydrogen (secondary N) is 2. The van der Waals surface area contributed by atoms with Crippen molar-refractivity contribution in [2.75, 3.05) is 6.61 Å². The number of rotatable bonds is 6. The van der Waals surface area contributed by atoms with Crippen LogP contribution in [0.15, 0.2) is 30.3 Å². The summed E-state index contributed by atoms with van der Waals surface area (Å²) in [5, 5.41) is 0. The Labute approximate surface area is 136 Å². The van der Waals surface area contributed by atoms with E-state index < -0.39 is 11.7 Å². The molecule has 0 heterocycles. The molecule has 0 saturated carbocycles. The average Bonchev–Trinajstić information content (AvgIpc) is 2.45. The molecule has 0 aliphatic heterocycles. The second-order valence-electron chi connectivity index (χ2n) is 5.81. The fraction of sp³-hybridized carbons (Fsp3) is 0.412. The highest BCUT2D eigenvalue weighted by Crippen LogP contribution is 2.07. The van der Waals surface area contributed by atoms with E-state index in [0.29, 0.717) is 13.2 Å². The van der Waals surface area contributed by atoms with Crippen molar-refractivity contribution in [3.63, 3.8) is 0 Å². The van der Waals surface area contributed by atoms with E-state index in [-0.39, 0.29) is 5.97 Å². The maximum absolute atomic E-state index is 11.5. The van der Waals surface area contributed by atoms with Crippen molar-refractivity contribution in [3.8, 4) is 0 Å². The van der Waals surface area contributed by atoms with Gasteiger partial charge in [0.2, 0.25) is 0 Å². The Balaban J connectivity index is 2.40. The molecule has 1 aromatic carbocycles. The van der Waals surface area contributed by atoms with Gasteiger partial charge in [-0.05, 0) is 44.9 Å². The van der Waals surface area contributed by atoms with Gasteiger partial charge in [-0.3, -0.25) is 5.43 Å². The minimum absolute atomic E-state index is 0.360. The minimum Gasteiger partial charge on any atom is -0.463 e. The lowest BCUT2D eigenvalue weighted by molar-refractivity contribution is -0.137. The number of hydrogen-bond acceptors (Lipinski definition) is 5. The Morgan fingerprint density at radius 3 is 2.39 bits per heavy atom. The predicted octanol–water partition coefficient (Wildman–Crippen LogP) is 2.79. The van der Waals surface area contributed by atoms with Crippen molar-refractivity contribution in [1.29, 1.82) is 0 Å². The van der Waals surface area contributed by atoms with E-state index in [1.165, 1.54) is 6.08 Å². The Hall–Kier alpha value is -2.34. The van der Waals surface area contributed by atoms with E-state index in [0.717, 1.165) is 11.1 Å². The Morgan fingerprint density at radius 2 is 1.83 bits per heavy atom. The summed E-state index contributed by atoms with van der Waals surface area (Å²) in [7, 11) is 0. The lowest BCUT2D eigenvalue weighted by Crippen LogP contribution is -2.40. The highest BCUT2D eigenvalue weighted by molar-refractivity contribution is 5.87. The third kappa shape index (κ3) is 8.63. The van der Waals surface area contributed by atoms with Crippen LogP contribution in [0.3, 0.4) is 0 Å². The fourth-order valence-electron chi connectivity index (χ4n) is 1.62. The summed E-state index contributed by atoms with van der Waals surface area (Å²) in [5.74, 6) is -0.361. The molecule has 0 aliphatic carbocycles. The molecule has 6 nitrogen and oxygen atoms in total. The van der Waals surface area contributed by atoms with Crippen LogP contribution >= 0.6 is 0 Å². The normalized spacial score (nSPS) is 11.3. The van der Waals surface area contributed by atoms with Crippen molar-refractivity contribution in [2.45, 2.75) is 39.8 Å².